The molecule has 1 N–H and O–H groups in total. The van der Waals surface area contributed by atoms with Gasteiger partial charge in [-0.3, -0.25) is 0 Å². The molecule has 0 radical (unpaired) electrons. The maximum atomic E-state index is 5.81. The number of nitrogens with zero attached hydrogens (tertiary/aromatic N) is 3. The molecule has 0 aliphatic carbocycles. The Balaban J connectivity index is 2.00. The zero-order valence-corrected chi connectivity index (χ0v) is 11.5. The number of aromatic nitrogens is 3. The van der Waals surface area contributed by atoms with Crippen LogP contribution < -0.4 is 10.1 Å². The van der Waals surface area contributed by atoms with Gasteiger partial charge in [0.1, 0.15) is 6.61 Å². The maximum Gasteiger partial charge on any atom is 0.322 e. The van der Waals surface area contributed by atoms with E-state index in [1.54, 1.807) is 11.3 Å². The third kappa shape index (κ3) is 3.82. The average Bonchev–Trinajstić information content (AvgIpc) is 2.86. The lowest BCUT2D eigenvalue weighted by atomic mass is 10.5. The van der Waals surface area contributed by atoms with E-state index < -0.39 is 0 Å². The van der Waals surface area contributed by atoms with E-state index in [0.29, 0.717) is 12.6 Å². The Hall–Kier alpha value is -1.40. The van der Waals surface area contributed by atoms with E-state index in [-0.39, 0.29) is 11.3 Å². The molecule has 7 heteroatoms. The fourth-order valence-corrected chi connectivity index (χ4v) is 2.01. The largest absolute Gasteiger partial charge is 0.458 e. The second kappa shape index (κ2) is 6.51. The quantitative estimate of drug-likeness (QED) is 0.884. The van der Waals surface area contributed by atoms with Gasteiger partial charge in [0.2, 0.25) is 11.2 Å². The Kier molecular flexibility index (Phi) is 4.72. The van der Waals surface area contributed by atoms with Gasteiger partial charge in [-0.05, 0) is 29.5 Å². The van der Waals surface area contributed by atoms with Crippen LogP contribution in [0.15, 0.2) is 17.5 Å². The van der Waals surface area contributed by atoms with Crippen molar-refractivity contribution in [3.63, 3.8) is 0 Å². The SMILES string of the molecule is CCCNc1nc(Cl)nc(OCc2cccs2)n1. The molecule has 0 aromatic carbocycles. The topological polar surface area (TPSA) is 59.9 Å². The first-order valence-corrected chi connectivity index (χ1v) is 6.84. The smallest absolute Gasteiger partial charge is 0.322 e. The average molecular weight is 285 g/mol. The van der Waals surface area contributed by atoms with E-state index in [1.807, 2.05) is 17.5 Å². The van der Waals surface area contributed by atoms with Crippen LogP contribution >= 0.6 is 22.9 Å². The predicted octanol–water partition coefficient (Wildman–Crippen LogP) is 2.99. The first kappa shape index (κ1) is 13.0. The molecule has 0 aliphatic heterocycles. The number of nitrogens with one attached hydrogen (secondary N) is 1. The van der Waals surface area contributed by atoms with Gasteiger partial charge in [0, 0.05) is 11.4 Å². The minimum Gasteiger partial charge on any atom is -0.458 e. The van der Waals surface area contributed by atoms with Crippen LogP contribution in [-0.4, -0.2) is 21.5 Å². The van der Waals surface area contributed by atoms with Crippen LogP contribution in [0.2, 0.25) is 5.28 Å². The summed E-state index contributed by atoms with van der Waals surface area (Å²) in [6.07, 6.45) is 0.981. The van der Waals surface area contributed by atoms with E-state index >= 15 is 0 Å². The summed E-state index contributed by atoms with van der Waals surface area (Å²) in [5, 5.41) is 5.17. The van der Waals surface area contributed by atoms with Gasteiger partial charge in [0.25, 0.3) is 0 Å². The number of halogens is 1. The summed E-state index contributed by atoms with van der Waals surface area (Å²) in [5.41, 5.74) is 0. The van der Waals surface area contributed by atoms with E-state index in [1.165, 1.54) is 0 Å². The Morgan fingerprint density at radius 2 is 2.28 bits per heavy atom. The lowest BCUT2D eigenvalue weighted by molar-refractivity contribution is 0.283. The number of ether oxygens (including phenoxy) is 1. The standard InChI is InChI=1S/C11H13ClN4OS/c1-2-5-13-10-14-9(12)15-11(16-10)17-7-8-4-3-6-18-8/h3-4,6H,2,5,7H2,1H3,(H,13,14,15,16). The molecule has 0 unspecified atom stereocenters. The van der Waals surface area contributed by atoms with E-state index in [0.717, 1.165) is 17.8 Å². The number of rotatable bonds is 6. The predicted molar refractivity (Wildman–Crippen MR) is 72.3 cm³/mol. The Labute approximate surface area is 114 Å². The van der Waals surface area contributed by atoms with Crippen molar-refractivity contribution >= 4 is 28.9 Å². The fraction of sp³-hybridized carbons (Fsp3) is 0.364. The van der Waals surface area contributed by atoms with Crippen molar-refractivity contribution in [1.82, 2.24) is 15.0 Å². The second-order valence-electron chi connectivity index (χ2n) is 3.51. The molecule has 0 bridgehead atoms. The molecular weight excluding hydrogens is 272 g/mol. The molecule has 0 saturated carbocycles. The van der Waals surface area contributed by atoms with Gasteiger partial charge in [0.05, 0.1) is 0 Å². The molecule has 0 spiro atoms. The molecule has 96 valence electrons. The lowest BCUT2D eigenvalue weighted by Gasteiger charge is -2.06. The number of hydrogen-bond acceptors (Lipinski definition) is 6. The summed E-state index contributed by atoms with van der Waals surface area (Å²) >= 11 is 7.43. The van der Waals surface area contributed by atoms with Crippen molar-refractivity contribution in [2.24, 2.45) is 0 Å². The van der Waals surface area contributed by atoms with Crippen molar-refractivity contribution in [2.45, 2.75) is 20.0 Å². The van der Waals surface area contributed by atoms with Crippen LogP contribution in [0.1, 0.15) is 18.2 Å². The van der Waals surface area contributed by atoms with Crippen LogP contribution in [-0.2, 0) is 6.61 Å². The van der Waals surface area contributed by atoms with E-state index in [2.05, 4.69) is 27.2 Å². The molecule has 0 aliphatic rings. The van der Waals surface area contributed by atoms with E-state index in [4.69, 9.17) is 16.3 Å². The van der Waals surface area contributed by atoms with Gasteiger partial charge >= 0.3 is 6.01 Å². The minimum absolute atomic E-state index is 0.129. The Morgan fingerprint density at radius 3 is 3.00 bits per heavy atom. The molecule has 2 rings (SSSR count). The van der Waals surface area contributed by atoms with Crippen LogP contribution in [0.4, 0.5) is 5.95 Å². The van der Waals surface area contributed by atoms with Gasteiger partial charge in [-0.1, -0.05) is 13.0 Å². The molecule has 2 aromatic heterocycles. The Bertz CT molecular complexity index is 492. The summed E-state index contributed by atoms with van der Waals surface area (Å²) in [6, 6.07) is 4.20. The van der Waals surface area contributed by atoms with Crippen molar-refractivity contribution in [1.29, 1.82) is 0 Å². The summed E-state index contributed by atoms with van der Waals surface area (Å²) in [7, 11) is 0. The minimum atomic E-state index is 0.129. The highest BCUT2D eigenvalue weighted by Crippen LogP contribution is 2.15. The zero-order chi connectivity index (χ0) is 12.8. The monoisotopic (exact) mass is 284 g/mol. The molecule has 0 atom stereocenters. The highest BCUT2D eigenvalue weighted by molar-refractivity contribution is 7.09. The first-order chi connectivity index (χ1) is 8.78. The summed E-state index contributed by atoms with van der Waals surface area (Å²) < 4.78 is 5.48. The molecule has 18 heavy (non-hydrogen) atoms. The van der Waals surface area contributed by atoms with Crippen molar-refractivity contribution in [2.75, 3.05) is 11.9 Å². The molecule has 0 fully saturated rings. The summed E-state index contributed by atoms with van der Waals surface area (Å²) in [5.74, 6) is 0.443. The Morgan fingerprint density at radius 1 is 1.39 bits per heavy atom. The van der Waals surface area contributed by atoms with Crippen molar-refractivity contribution < 1.29 is 4.74 Å². The van der Waals surface area contributed by atoms with Crippen molar-refractivity contribution in [3.05, 3.63) is 27.7 Å². The number of anilines is 1. The molecule has 5 nitrogen and oxygen atoms in total. The van der Waals surface area contributed by atoms with Gasteiger partial charge in [-0.15, -0.1) is 11.3 Å². The molecule has 2 aromatic rings. The molecular formula is C11H13ClN4OS. The van der Waals surface area contributed by atoms with Crippen LogP contribution in [0.5, 0.6) is 6.01 Å². The van der Waals surface area contributed by atoms with Crippen LogP contribution in [0.25, 0.3) is 0 Å². The number of thiophene rings is 1. The highest BCUT2D eigenvalue weighted by atomic mass is 35.5. The lowest BCUT2D eigenvalue weighted by Crippen LogP contribution is -2.07. The van der Waals surface area contributed by atoms with Crippen molar-refractivity contribution in [3.8, 4) is 6.01 Å². The first-order valence-electron chi connectivity index (χ1n) is 5.58. The van der Waals surface area contributed by atoms with Gasteiger partial charge < -0.3 is 10.1 Å². The van der Waals surface area contributed by atoms with Gasteiger partial charge in [-0.25, -0.2) is 0 Å². The second-order valence-corrected chi connectivity index (χ2v) is 4.88. The van der Waals surface area contributed by atoms with Gasteiger partial charge in [0.15, 0.2) is 0 Å². The van der Waals surface area contributed by atoms with E-state index in [9.17, 15) is 0 Å². The third-order valence-electron chi connectivity index (χ3n) is 2.04. The summed E-state index contributed by atoms with van der Waals surface area (Å²) in [4.78, 5) is 13.1. The molecule has 0 amide bonds. The highest BCUT2D eigenvalue weighted by Gasteiger charge is 2.06. The van der Waals surface area contributed by atoms with Gasteiger partial charge in [-0.2, -0.15) is 15.0 Å². The normalized spacial score (nSPS) is 10.3. The fourth-order valence-electron chi connectivity index (χ4n) is 1.24. The van der Waals surface area contributed by atoms with Crippen LogP contribution in [0.3, 0.4) is 0 Å². The molecule has 2 heterocycles. The molecule has 0 saturated heterocycles. The number of hydrogen-bond donors (Lipinski definition) is 1. The zero-order valence-electron chi connectivity index (χ0n) is 9.89. The third-order valence-corrected chi connectivity index (χ3v) is 3.06. The van der Waals surface area contributed by atoms with Crippen LogP contribution in [0, 0.1) is 0 Å². The maximum absolute atomic E-state index is 5.81. The summed E-state index contributed by atoms with van der Waals surface area (Å²) in [6.45, 7) is 3.28.